The van der Waals surface area contributed by atoms with Crippen LogP contribution in [0.4, 0.5) is 5.69 Å². The van der Waals surface area contributed by atoms with E-state index in [-0.39, 0.29) is 17.7 Å². The van der Waals surface area contributed by atoms with Gasteiger partial charge >= 0.3 is 5.97 Å². The van der Waals surface area contributed by atoms with Gasteiger partial charge in [0.15, 0.2) is 0 Å². The molecule has 6 heteroatoms. The number of nitrogens with one attached hydrogen (secondary N) is 1. The van der Waals surface area contributed by atoms with Crippen LogP contribution in [0.3, 0.4) is 0 Å². The number of hydrogen-bond donors (Lipinski definition) is 1. The number of hydrogen-bond acceptors (Lipinski definition) is 4. The van der Waals surface area contributed by atoms with Gasteiger partial charge in [-0.1, -0.05) is 23.8 Å². The molecule has 0 fully saturated rings. The number of rotatable bonds is 4. The van der Waals surface area contributed by atoms with Gasteiger partial charge in [0, 0.05) is 11.5 Å². The van der Waals surface area contributed by atoms with Crippen molar-refractivity contribution in [2.75, 3.05) is 12.4 Å². The Morgan fingerprint density at radius 2 is 1.75 bits per heavy atom. The van der Waals surface area contributed by atoms with Crippen LogP contribution in [-0.4, -0.2) is 23.6 Å². The van der Waals surface area contributed by atoms with E-state index in [9.17, 15) is 14.4 Å². The maximum atomic E-state index is 12.7. The van der Waals surface area contributed by atoms with Crippen molar-refractivity contribution in [2.24, 2.45) is 0 Å². The van der Waals surface area contributed by atoms with Crippen molar-refractivity contribution in [1.29, 1.82) is 0 Å². The Morgan fingerprint density at radius 3 is 2.46 bits per heavy atom. The molecule has 0 aliphatic rings. The number of para-hydroxylation sites is 1. The van der Waals surface area contributed by atoms with E-state index in [1.807, 2.05) is 32.9 Å². The maximum absolute atomic E-state index is 12.7. The third-order valence-electron chi connectivity index (χ3n) is 4.65. The van der Waals surface area contributed by atoms with Crippen molar-refractivity contribution in [3.05, 3.63) is 75.1 Å². The van der Waals surface area contributed by atoms with Crippen LogP contribution in [0.15, 0.2) is 47.3 Å². The molecular formula is C22H22N2O4. The summed E-state index contributed by atoms with van der Waals surface area (Å²) in [5.41, 5.74) is 4.00. The largest absolute Gasteiger partial charge is 0.465 e. The molecule has 3 aromatic rings. The second-order valence-electron chi connectivity index (χ2n) is 6.82. The number of benzene rings is 2. The number of carbonyl (C=O) groups is 2. The van der Waals surface area contributed by atoms with Crippen LogP contribution in [0.25, 0.3) is 10.9 Å². The standard InChI is InChI=1S/C22H22N2O4/c1-13-9-15(3)21-17(10-13)14(2)11-20(26)24(21)12-19(25)23-18-8-6-5-7-16(18)22(27)28-4/h5-11H,12H2,1-4H3,(H,23,25). The van der Waals surface area contributed by atoms with Gasteiger partial charge in [0.1, 0.15) is 6.54 Å². The minimum absolute atomic E-state index is 0.158. The van der Waals surface area contributed by atoms with Gasteiger partial charge in [0.05, 0.1) is 23.9 Å². The molecule has 1 aromatic heterocycles. The van der Waals surface area contributed by atoms with E-state index in [4.69, 9.17) is 4.74 Å². The summed E-state index contributed by atoms with van der Waals surface area (Å²) >= 11 is 0. The van der Waals surface area contributed by atoms with Gasteiger partial charge in [-0.2, -0.15) is 0 Å². The number of carbonyl (C=O) groups excluding carboxylic acids is 2. The van der Waals surface area contributed by atoms with Crippen molar-refractivity contribution in [2.45, 2.75) is 27.3 Å². The van der Waals surface area contributed by atoms with Crippen LogP contribution in [0.5, 0.6) is 0 Å². The van der Waals surface area contributed by atoms with Crippen molar-refractivity contribution < 1.29 is 14.3 Å². The Bertz CT molecular complexity index is 1150. The number of aromatic nitrogens is 1. The Morgan fingerprint density at radius 1 is 1.04 bits per heavy atom. The molecular weight excluding hydrogens is 356 g/mol. The quantitative estimate of drug-likeness (QED) is 0.706. The predicted octanol–water partition coefficient (Wildman–Crippen LogP) is 3.35. The molecule has 0 spiro atoms. The average Bonchev–Trinajstić information content (AvgIpc) is 2.64. The lowest BCUT2D eigenvalue weighted by Crippen LogP contribution is -2.28. The molecule has 0 unspecified atom stereocenters. The first-order chi connectivity index (χ1) is 13.3. The third-order valence-corrected chi connectivity index (χ3v) is 4.65. The number of fused-ring (bicyclic) bond motifs is 1. The van der Waals surface area contributed by atoms with Crippen molar-refractivity contribution in [3.8, 4) is 0 Å². The minimum atomic E-state index is -0.542. The molecule has 1 heterocycles. The van der Waals surface area contributed by atoms with Gasteiger partial charge < -0.3 is 10.1 Å². The number of amides is 1. The van der Waals surface area contributed by atoms with E-state index in [0.717, 1.165) is 27.6 Å². The van der Waals surface area contributed by atoms with E-state index in [2.05, 4.69) is 5.32 Å². The number of nitrogens with zero attached hydrogens (tertiary/aromatic N) is 1. The first-order valence-electron chi connectivity index (χ1n) is 8.90. The highest BCUT2D eigenvalue weighted by molar-refractivity contribution is 6.01. The molecule has 1 N–H and O–H groups in total. The summed E-state index contributed by atoms with van der Waals surface area (Å²) in [6.07, 6.45) is 0. The molecule has 0 bridgehead atoms. The van der Waals surface area contributed by atoms with Gasteiger partial charge in [-0.25, -0.2) is 4.79 Å². The van der Waals surface area contributed by atoms with Crippen molar-refractivity contribution in [1.82, 2.24) is 4.57 Å². The van der Waals surface area contributed by atoms with Crippen LogP contribution >= 0.6 is 0 Å². The summed E-state index contributed by atoms with van der Waals surface area (Å²) in [5.74, 6) is -0.941. The molecule has 0 radical (unpaired) electrons. The second-order valence-corrected chi connectivity index (χ2v) is 6.82. The molecule has 0 aliphatic heterocycles. The van der Waals surface area contributed by atoms with Gasteiger partial charge in [-0.05, 0) is 50.1 Å². The molecule has 144 valence electrons. The van der Waals surface area contributed by atoms with E-state index >= 15 is 0 Å². The van der Waals surface area contributed by atoms with Gasteiger partial charge in [-0.3, -0.25) is 14.2 Å². The summed E-state index contributed by atoms with van der Waals surface area (Å²) < 4.78 is 6.21. The van der Waals surface area contributed by atoms with Crippen LogP contribution in [-0.2, 0) is 16.1 Å². The highest BCUT2D eigenvalue weighted by atomic mass is 16.5. The fourth-order valence-corrected chi connectivity index (χ4v) is 3.44. The molecule has 28 heavy (non-hydrogen) atoms. The van der Waals surface area contributed by atoms with E-state index in [1.165, 1.54) is 17.7 Å². The fourth-order valence-electron chi connectivity index (χ4n) is 3.44. The molecule has 0 atom stereocenters. The predicted molar refractivity (Wildman–Crippen MR) is 109 cm³/mol. The van der Waals surface area contributed by atoms with E-state index < -0.39 is 11.9 Å². The van der Waals surface area contributed by atoms with Gasteiger partial charge in [0.25, 0.3) is 5.56 Å². The molecule has 0 saturated heterocycles. The van der Waals surface area contributed by atoms with E-state index in [1.54, 1.807) is 24.3 Å². The second kappa shape index (κ2) is 7.68. The molecule has 1 amide bonds. The summed E-state index contributed by atoms with van der Waals surface area (Å²) in [7, 11) is 1.28. The molecule has 2 aromatic carbocycles. The summed E-state index contributed by atoms with van der Waals surface area (Å²) in [6, 6.07) is 12.1. The third kappa shape index (κ3) is 3.67. The number of pyridine rings is 1. The van der Waals surface area contributed by atoms with Crippen LogP contribution < -0.4 is 10.9 Å². The normalized spacial score (nSPS) is 10.7. The lowest BCUT2D eigenvalue weighted by molar-refractivity contribution is -0.116. The number of methoxy groups -OCH3 is 1. The molecule has 0 saturated carbocycles. The Hall–Kier alpha value is -3.41. The zero-order valence-corrected chi connectivity index (χ0v) is 16.3. The maximum Gasteiger partial charge on any atom is 0.339 e. The van der Waals surface area contributed by atoms with Gasteiger partial charge in [-0.15, -0.1) is 0 Å². The highest BCUT2D eigenvalue weighted by Crippen LogP contribution is 2.22. The first kappa shape index (κ1) is 19.4. The van der Waals surface area contributed by atoms with Crippen LogP contribution in [0.1, 0.15) is 27.0 Å². The van der Waals surface area contributed by atoms with Crippen LogP contribution in [0, 0.1) is 20.8 Å². The number of aryl methyl sites for hydroxylation is 3. The summed E-state index contributed by atoms with van der Waals surface area (Å²) in [5, 5.41) is 3.66. The van der Waals surface area contributed by atoms with Crippen molar-refractivity contribution >= 4 is 28.5 Å². The number of esters is 1. The number of ether oxygens (including phenoxy) is 1. The average molecular weight is 378 g/mol. The Labute approximate surface area is 162 Å². The topological polar surface area (TPSA) is 77.4 Å². The van der Waals surface area contributed by atoms with Crippen molar-refractivity contribution in [3.63, 3.8) is 0 Å². The zero-order chi connectivity index (χ0) is 20.4. The SMILES string of the molecule is COC(=O)c1ccccc1NC(=O)Cn1c(=O)cc(C)c2cc(C)cc(C)c21. The summed E-state index contributed by atoms with van der Waals surface area (Å²) in [4.78, 5) is 37.2. The molecule has 0 aliphatic carbocycles. The van der Waals surface area contributed by atoms with E-state index in [0.29, 0.717) is 5.69 Å². The molecule has 3 rings (SSSR count). The Balaban J connectivity index is 1.99. The fraction of sp³-hybridized carbons (Fsp3) is 0.227. The van der Waals surface area contributed by atoms with Crippen LogP contribution in [0.2, 0.25) is 0 Å². The zero-order valence-electron chi connectivity index (χ0n) is 16.3. The summed E-state index contributed by atoms with van der Waals surface area (Å²) in [6.45, 7) is 5.65. The lowest BCUT2D eigenvalue weighted by atomic mass is 10.0. The molecule has 6 nitrogen and oxygen atoms in total. The monoisotopic (exact) mass is 378 g/mol. The number of anilines is 1. The first-order valence-corrected chi connectivity index (χ1v) is 8.90. The smallest absolute Gasteiger partial charge is 0.339 e. The highest BCUT2D eigenvalue weighted by Gasteiger charge is 2.16. The lowest BCUT2D eigenvalue weighted by Gasteiger charge is -2.15. The Kier molecular flexibility index (Phi) is 5.31. The minimum Gasteiger partial charge on any atom is -0.465 e. The van der Waals surface area contributed by atoms with Gasteiger partial charge in [0.2, 0.25) is 5.91 Å².